The van der Waals surface area contributed by atoms with Gasteiger partial charge in [-0.15, -0.1) is 0 Å². The van der Waals surface area contributed by atoms with Crippen molar-refractivity contribution in [3.05, 3.63) is 21.8 Å². The van der Waals surface area contributed by atoms with Gasteiger partial charge in [0.25, 0.3) is 0 Å². The Hall–Kier alpha value is -0.360. The Morgan fingerprint density at radius 3 is 2.83 bits per heavy atom. The number of rotatable bonds is 4. The van der Waals surface area contributed by atoms with Gasteiger partial charge < -0.3 is 9.84 Å². The molecule has 4 heteroatoms. The van der Waals surface area contributed by atoms with Crippen molar-refractivity contribution >= 4 is 28.6 Å². The van der Waals surface area contributed by atoms with Gasteiger partial charge in [0.05, 0.1) is 10.7 Å². The first kappa shape index (κ1) is 11.6. The molecule has 0 bridgehead atoms. The van der Waals surface area contributed by atoms with Crippen LogP contribution in [0.15, 0.2) is 21.8 Å². The first-order valence-corrected chi connectivity index (χ1v) is 4.51. The van der Waals surface area contributed by atoms with Gasteiger partial charge in [-0.3, -0.25) is 0 Å². The molecule has 0 aliphatic carbocycles. The van der Waals surface area contributed by atoms with Crippen LogP contribution in [0.2, 0.25) is 0 Å². The second-order valence-corrected chi connectivity index (χ2v) is 3.11. The van der Waals surface area contributed by atoms with E-state index in [1.165, 1.54) is 7.11 Å². The predicted molar refractivity (Wildman–Crippen MR) is 55.0 cm³/mol. The van der Waals surface area contributed by atoms with E-state index in [1.807, 2.05) is 22.6 Å². The molecule has 0 aliphatic rings. The topological polar surface area (TPSA) is 46.5 Å². The fourth-order valence-corrected chi connectivity index (χ4v) is 0.917. The third kappa shape index (κ3) is 5.31. The number of esters is 1. The van der Waals surface area contributed by atoms with Gasteiger partial charge in [-0.05, 0) is 35.1 Å². The minimum absolute atomic E-state index is 0.124. The smallest absolute Gasteiger partial charge is 0.344 e. The lowest BCUT2D eigenvalue weighted by atomic mass is 10.4. The number of hydrogen-bond acceptors (Lipinski definition) is 3. The van der Waals surface area contributed by atoms with Gasteiger partial charge in [0.1, 0.15) is 0 Å². The summed E-state index contributed by atoms with van der Waals surface area (Å²) in [5, 5.41) is 8.42. The highest BCUT2D eigenvalue weighted by atomic mass is 127. The number of halogens is 1. The van der Waals surface area contributed by atoms with Crippen molar-refractivity contribution in [2.24, 2.45) is 0 Å². The van der Waals surface area contributed by atoms with Crippen LogP contribution in [0.4, 0.5) is 0 Å². The van der Waals surface area contributed by atoms with E-state index in [9.17, 15) is 4.79 Å². The average molecular weight is 282 g/mol. The summed E-state index contributed by atoms with van der Waals surface area (Å²) in [6, 6.07) is 0. The van der Waals surface area contributed by atoms with Crippen LogP contribution in [0.1, 0.15) is 6.42 Å². The monoisotopic (exact) mass is 282 g/mol. The SMILES string of the molecule is COC(=O)/C(I)=C\C=C\CCO. The van der Waals surface area contributed by atoms with Crippen molar-refractivity contribution in [1.82, 2.24) is 0 Å². The Morgan fingerprint density at radius 2 is 2.33 bits per heavy atom. The molecule has 3 nitrogen and oxygen atoms in total. The molecule has 0 aromatic rings. The Bertz CT molecular complexity index is 196. The summed E-state index contributed by atoms with van der Waals surface area (Å²) in [5.74, 6) is -0.343. The van der Waals surface area contributed by atoms with Crippen molar-refractivity contribution in [2.45, 2.75) is 6.42 Å². The molecule has 0 saturated carbocycles. The van der Waals surface area contributed by atoms with E-state index in [-0.39, 0.29) is 12.6 Å². The van der Waals surface area contributed by atoms with E-state index < -0.39 is 0 Å². The zero-order valence-corrected chi connectivity index (χ0v) is 8.95. The van der Waals surface area contributed by atoms with E-state index in [4.69, 9.17) is 5.11 Å². The largest absolute Gasteiger partial charge is 0.465 e. The summed E-state index contributed by atoms with van der Waals surface area (Å²) < 4.78 is 4.99. The van der Waals surface area contributed by atoms with Crippen molar-refractivity contribution in [3.63, 3.8) is 0 Å². The fourth-order valence-electron chi connectivity index (χ4n) is 0.489. The molecule has 0 aromatic heterocycles. The van der Waals surface area contributed by atoms with Gasteiger partial charge in [0.2, 0.25) is 0 Å². The first-order valence-electron chi connectivity index (χ1n) is 3.44. The molecular formula is C8H11IO3. The first-order chi connectivity index (χ1) is 5.72. The zero-order valence-electron chi connectivity index (χ0n) is 6.79. The summed E-state index contributed by atoms with van der Waals surface area (Å²) >= 11 is 1.89. The van der Waals surface area contributed by atoms with Crippen LogP contribution >= 0.6 is 22.6 Å². The predicted octanol–water partition coefficient (Wildman–Crippen LogP) is 1.42. The highest BCUT2D eigenvalue weighted by molar-refractivity contribution is 14.1. The number of aliphatic hydroxyl groups is 1. The molecule has 1 N–H and O–H groups in total. The van der Waals surface area contributed by atoms with E-state index in [0.29, 0.717) is 10.0 Å². The molecule has 0 saturated heterocycles. The number of ether oxygens (including phenoxy) is 1. The van der Waals surface area contributed by atoms with E-state index in [0.717, 1.165) is 0 Å². The van der Waals surface area contributed by atoms with Crippen LogP contribution in [-0.2, 0) is 9.53 Å². The molecule has 0 aromatic carbocycles. The van der Waals surface area contributed by atoms with Crippen molar-refractivity contribution in [2.75, 3.05) is 13.7 Å². The van der Waals surface area contributed by atoms with Crippen LogP contribution in [-0.4, -0.2) is 24.8 Å². The maximum Gasteiger partial charge on any atom is 0.344 e. The molecule has 68 valence electrons. The van der Waals surface area contributed by atoms with Crippen LogP contribution in [0.3, 0.4) is 0 Å². The Labute approximate surface area is 85.2 Å². The summed E-state index contributed by atoms with van der Waals surface area (Å²) in [7, 11) is 1.34. The average Bonchev–Trinajstić information content (AvgIpc) is 2.10. The van der Waals surface area contributed by atoms with Gasteiger partial charge in [0.15, 0.2) is 0 Å². The van der Waals surface area contributed by atoms with Crippen LogP contribution in [0.5, 0.6) is 0 Å². The minimum Gasteiger partial charge on any atom is -0.465 e. The van der Waals surface area contributed by atoms with Crippen LogP contribution < -0.4 is 0 Å². The number of aliphatic hydroxyl groups excluding tert-OH is 1. The molecule has 0 unspecified atom stereocenters. The Balaban J connectivity index is 3.91. The summed E-state index contributed by atoms with van der Waals surface area (Å²) in [6.45, 7) is 0.124. The highest BCUT2D eigenvalue weighted by Crippen LogP contribution is 2.07. The molecule has 0 atom stereocenters. The number of carbonyl (C=O) groups is 1. The number of allylic oxidation sites excluding steroid dienone is 2. The van der Waals surface area contributed by atoms with E-state index in [1.54, 1.807) is 18.2 Å². The summed E-state index contributed by atoms with van der Waals surface area (Å²) in [6.07, 6.45) is 5.74. The second kappa shape index (κ2) is 7.30. The third-order valence-corrected chi connectivity index (χ3v) is 1.85. The fraction of sp³-hybridized carbons (Fsp3) is 0.375. The van der Waals surface area contributed by atoms with E-state index >= 15 is 0 Å². The lowest BCUT2D eigenvalue weighted by Crippen LogP contribution is -1.98. The van der Waals surface area contributed by atoms with Gasteiger partial charge in [-0.2, -0.15) is 0 Å². The van der Waals surface area contributed by atoms with Gasteiger partial charge in [-0.1, -0.05) is 12.2 Å². The maximum atomic E-state index is 10.8. The molecular weight excluding hydrogens is 271 g/mol. The molecule has 0 spiro atoms. The molecule has 0 rings (SSSR count). The van der Waals surface area contributed by atoms with Gasteiger partial charge >= 0.3 is 5.97 Å². The van der Waals surface area contributed by atoms with Crippen LogP contribution in [0.25, 0.3) is 0 Å². The number of methoxy groups -OCH3 is 1. The Kier molecular flexibility index (Phi) is 7.08. The number of carbonyl (C=O) groups excluding carboxylic acids is 1. The standard InChI is InChI=1S/C8H11IO3/c1-12-8(11)7(9)5-3-2-4-6-10/h2-3,5,10H,4,6H2,1H3/b3-2+,7-5+. The molecule has 0 aliphatic heterocycles. The van der Waals surface area contributed by atoms with Crippen molar-refractivity contribution < 1.29 is 14.6 Å². The molecule has 0 heterocycles. The second-order valence-electron chi connectivity index (χ2n) is 1.95. The third-order valence-electron chi connectivity index (χ3n) is 1.05. The lowest BCUT2D eigenvalue weighted by Gasteiger charge is -1.93. The quantitative estimate of drug-likeness (QED) is 0.367. The van der Waals surface area contributed by atoms with Crippen LogP contribution in [0, 0.1) is 0 Å². The molecule has 0 fully saturated rings. The molecule has 0 amide bonds. The lowest BCUT2D eigenvalue weighted by molar-refractivity contribution is -0.135. The normalized spacial score (nSPS) is 12.1. The molecule has 12 heavy (non-hydrogen) atoms. The zero-order chi connectivity index (χ0) is 9.40. The maximum absolute atomic E-state index is 10.8. The van der Waals surface area contributed by atoms with E-state index in [2.05, 4.69) is 4.74 Å². The highest BCUT2D eigenvalue weighted by Gasteiger charge is 2.01. The van der Waals surface area contributed by atoms with Crippen molar-refractivity contribution in [3.8, 4) is 0 Å². The van der Waals surface area contributed by atoms with Gasteiger partial charge in [-0.25, -0.2) is 4.79 Å². The number of hydrogen-bond donors (Lipinski definition) is 1. The summed E-state index contributed by atoms with van der Waals surface area (Å²) in [4.78, 5) is 10.8. The Morgan fingerprint density at radius 1 is 1.67 bits per heavy atom. The van der Waals surface area contributed by atoms with Crippen molar-refractivity contribution in [1.29, 1.82) is 0 Å². The minimum atomic E-state index is -0.343. The van der Waals surface area contributed by atoms with Gasteiger partial charge in [0, 0.05) is 6.61 Å². The summed E-state index contributed by atoms with van der Waals surface area (Å²) in [5.41, 5.74) is 0. The molecule has 0 radical (unpaired) electrons.